The van der Waals surface area contributed by atoms with Crippen LogP contribution in [-0.4, -0.2) is 12.3 Å². The van der Waals surface area contributed by atoms with Gasteiger partial charge in [-0.05, 0) is 43.3 Å². The van der Waals surface area contributed by atoms with Gasteiger partial charge in [0.1, 0.15) is 5.75 Å². The van der Waals surface area contributed by atoms with Crippen molar-refractivity contribution in [1.29, 1.82) is 0 Å². The van der Waals surface area contributed by atoms with Crippen LogP contribution in [-0.2, 0) is 0 Å². The zero-order valence-corrected chi connectivity index (χ0v) is 12.8. The van der Waals surface area contributed by atoms with E-state index in [2.05, 4.69) is 10.6 Å². The maximum atomic E-state index is 11.8. The zero-order valence-electron chi connectivity index (χ0n) is 11.3. The molecule has 0 aromatic heterocycles. The second-order valence-electron chi connectivity index (χ2n) is 4.29. The fourth-order valence-corrected chi connectivity index (χ4v) is 1.96. The first-order valence-corrected chi connectivity index (χ1v) is 7.04. The Balaban J connectivity index is 1.87. The van der Waals surface area contributed by atoms with E-state index in [4.69, 9.17) is 27.9 Å². The number of hydrogen-bond acceptors (Lipinski definition) is 2. The van der Waals surface area contributed by atoms with Gasteiger partial charge in [-0.1, -0.05) is 35.3 Å². The van der Waals surface area contributed by atoms with Crippen molar-refractivity contribution >= 4 is 34.9 Å². The molecular formula is C15H14Cl2N2O2. The molecule has 0 heterocycles. The molecule has 110 valence electrons. The van der Waals surface area contributed by atoms with Crippen LogP contribution >= 0.6 is 23.2 Å². The molecule has 0 fully saturated rings. The highest BCUT2D eigenvalue weighted by Gasteiger charge is 2.10. The Morgan fingerprint density at radius 2 is 1.76 bits per heavy atom. The Morgan fingerprint density at radius 3 is 2.43 bits per heavy atom. The average molecular weight is 325 g/mol. The molecule has 4 nitrogen and oxygen atoms in total. The second-order valence-corrected chi connectivity index (χ2v) is 5.14. The summed E-state index contributed by atoms with van der Waals surface area (Å²) in [7, 11) is 0. The lowest BCUT2D eigenvalue weighted by molar-refractivity contribution is 0.183. The Morgan fingerprint density at radius 1 is 1.10 bits per heavy atom. The quantitative estimate of drug-likeness (QED) is 0.811. The lowest BCUT2D eigenvalue weighted by Crippen LogP contribution is -2.39. The zero-order chi connectivity index (χ0) is 15.2. The molecule has 6 heteroatoms. The molecule has 0 bridgehead atoms. The number of amides is 2. The Hall–Kier alpha value is -1.91. The van der Waals surface area contributed by atoms with E-state index in [1.165, 1.54) is 0 Å². The Labute approximate surface area is 133 Å². The van der Waals surface area contributed by atoms with E-state index < -0.39 is 12.3 Å². The van der Waals surface area contributed by atoms with Crippen molar-refractivity contribution in [2.24, 2.45) is 0 Å². The molecule has 2 rings (SSSR count). The number of para-hydroxylation sites is 1. The number of urea groups is 1. The molecule has 21 heavy (non-hydrogen) atoms. The molecule has 0 aliphatic rings. The number of nitrogens with one attached hydrogen (secondary N) is 2. The van der Waals surface area contributed by atoms with Gasteiger partial charge in [0.05, 0.1) is 10.7 Å². The summed E-state index contributed by atoms with van der Waals surface area (Å²) < 4.78 is 5.54. The third-order valence-corrected chi connectivity index (χ3v) is 3.16. The van der Waals surface area contributed by atoms with Crippen LogP contribution < -0.4 is 15.4 Å². The van der Waals surface area contributed by atoms with Crippen LogP contribution in [0.15, 0.2) is 48.5 Å². The third-order valence-electron chi connectivity index (χ3n) is 2.58. The monoisotopic (exact) mass is 324 g/mol. The molecule has 2 aromatic rings. The predicted molar refractivity (Wildman–Crippen MR) is 85.1 cm³/mol. The molecule has 1 unspecified atom stereocenters. The number of carbonyl (C=O) groups is 1. The van der Waals surface area contributed by atoms with Crippen LogP contribution in [0.25, 0.3) is 0 Å². The first-order valence-electron chi connectivity index (χ1n) is 6.29. The van der Waals surface area contributed by atoms with Crippen molar-refractivity contribution in [3.05, 3.63) is 58.6 Å². The molecule has 0 radical (unpaired) electrons. The van der Waals surface area contributed by atoms with Crippen molar-refractivity contribution < 1.29 is 9.53 Å². The fraction of sp³-hybridized carbons (Fsp3) is 0.133. The summed E-state index contributed by atoms with van der Waals surface area (Å²) in [5, 5.41) is 6.40. The average Bonchev–Trinajstić information content (AvgIpc) is 2.44. The number of carbonyl (C=O) groups excluding carboxylic acids is 1. The SMILES string of the molecule is CC(NC(=O)Nc1ccccc1Cl)Oc1ccc(Cl)cc1. The van der Waals surface area contributed by atoms with Crippen molar-refractivity contribution in [3.8, 4) is 5.75 Å². The largest absolute Gasteiger partial charge is 0.471 e. The lowest BCUT2D eigenvalue weighted by Gasteiger charge is -2.17. The highest BCUT2D eigenvalue weighted by Crippen LogP contribution is 2.20. The van der Waals surface area contributed by atoms with Gasteiger partial charge in [0.2, 0.25) is 0 Å². The Bertz CT molecular complexity index is 617. The van der Waals surface area contributed by atoms with Crippen LogP contribution in [0.5, 0.6) is 5.75 Å². The van der Waals surface area contributed by atoms with Gasteiger partial charge in [0, 0.05) is 5.02 Å². The van der Waals surface area contributed by atoms with Gasteiger partial charge in [-0.15, -0.1) is 0 Å². The van der Waals surface area contributed by atoms with E-state index >= 15 is 0 Å². The Kier molecular flexibility index (Phi) is 5.31. The normalized spacial score (nSPS) is 11.6. The van der Waals surface area contributed by atoms with Crippen molar-refractivity contribution in [2.75, 3.05) is 5.32 Å². The number of hydrogen-bond donors (Lipinski definition) is 2. The first-order chi connectivity index (χ1) is 10.0. The van der Waals surface area contributed by atoms with Gasteiger partial charge in [-0.25, -0.2) is 4.79 Å². The van der Waals surface area contributed by atoms with Crippen molar-refractivity contribution in [3.63, 3.8) is 0 Å². The lowest BCUT2D eigenvalue weighted by atomic mass is 10.3. The predicted octanol–water partition coefficient (Wildman–Crippen LogP) is 4.54. The molecule has 2 N–H and O–H groups in total. The molecule has 2 aromatic carbocycles. The molecular weight excluding hydrogens is 311 g/mol. The molecule has 0 aliphatic carbocycles. The summed E-state index contributed by atoms with van der Waals surface area (Å²) in [5.74, 6) is 0.616. The van der Waals surface area contributed by atoms with Crippen LogP contribution in [0.2, 0.25) is 10.0 Å². The fourth-order valence-electron chi connectivity index (χ4n) is 1.65. The van der Waals surface area contributed by atoms with E-state index in [1.54, 1.807) is 55.5 Å². The van der Waals surface area contributed by atoms with Crippen LogP contribution in [0.3, 0.4) is 0 Å². The minimum atomic E-state index is -0.506. The van der Waals surface area contributed by atoms with Crippen molar-refractivity contribution in [2.45, 2.75) is 13.2 Å². The van der Waals surface area contributed by atoms with E-state index in [0.29, 0.717) is 21.5 Å². The van der Waals surface area contributed by atoms with E-state index in [-0.39, 0.29) is 0 Å². The summed E-state index contributed by atoms with van der Waals surface area (Å²) in [6.45, 7) is 1.72. The smallest absolute Gasteiger partial charge is 0.322 e. The van der Waals surface area contributed by atoms with E-state index in [0.717, 1.165) is 0 Å². The first kappa shape index (κ1) is 15.5. The molecule has 0 saturated carbocycles. The van der Waals surface area contributed by atoms with Gasteiger partial charge in [0.15, 0.2) is 6.23 Å². The summed E-state index contributed by atoms with van der Waals surface area (Å²) in [6, 6.07) is 13.5. The van der Waals surface area contributed by atoms with Gasteiger partial charge >= 0.3 is 6.03 Å². The summed E-state index contributed by atoms with van der Waals surface area (Å²) in [5.41, 5.74) is 0.537. The highest BCUT2D eigenvalue weighted by atomic mass is 35.5. The summed E-state index contributed by atoms with van der Waals surface area (Å²) in [6.07, 6.45) is -0.506. The number of ether oxygens (including phenoxy) is 1. The number of benzene rings is 2. The number of anilines is 1. The highest BCUT2D eigenvalue weighted by molar-refractivity contribution is 6.33. The van der Waals surface area contributed by atoms with E-state index in [1.807, 2.05) is 0 Å². The molecule has 0 saturated heterocycles. The molecule has 0 spiro atoms. The molecule has 1 atom stereocenters. The maximum Gasteiger partial charge on any atom is 0.322 e. The standard InChI is InChI=1S/C15H14Cl2N2O2/c1-10(21-12-8-6-11(16)7-9-12)18-15(20)19-14-5-3-2-4-13(14)17/h2-10H,1H3,(H2,18,19,20). The van der Waals surface area contributed by atoms with Crippen LogP contribution in [0.1, 0.15) is 6.92 Å². The number of halogens is 2. The van der Waals surface area contributed by atoms with Gasteiger partial charge < -0.3 is 15.4 Å². The second kappa shape index (κ2) is 7.20. The molecule has 0 aliphatic heterocycles. The van der Waals surface area contributed by atoms with Gasteiger partial charge in [0.25, 0.3) is 0 Å². The van der Waals surface area contributed by atoms with Gasteiger partial charge in [-0.2, -0.15) is 0 Å². The summed E-state index contributed by atoms with van der Waals surface area (Å²) >= 11 is 11.8. The number of rotatable bonds is 4. The molecule has 2 amide bonds. The minimum Gasteiger partial charge on any atom is -0.471 e. The maximum absolute atomic E-state index is 11.8. The van der Waals surface area contributed by atoms with Gasteiger partial charge in [-0.3, -0.25) is 0 Å². The topological polar surface area (TPSA) is 50.4 Å². The van der Waals surface area contributed by atoms with Crippen LogP contribution in [0.4, 0.5) is 10.5 Å². The van der Waals surface area contributed by atoms with Crippen LogP contribution in [0, 0.1) is 0 Å². The minimum absolute atomic E-state index is 0.399. The summed E-state index contributed by atoms with van der Waals surface area (Å²) in [4.78, 5) is 11.8. The van der Waals surface area contributed by atoms with E-state index in [9.17, 15) is 4.79 Å². The van der Waals surface area contributed by atoms with Crippen molar-refractivity contribution in [1.82, 2.24) is 5.32 Å². The third kappa shape index (κ3) is 4.85.